The van der Waals surface area contributed by atoms with E-state index in [0.29, 0.717) is 12.2 Å². The van der Waals surface area contributed by atoms with Crippen molar-refractivity contribution in [3.8, 4) is 0 Å². The van der Waals surface area contributed by atoms with Crippen LogP contribution in [-0.2, 0) is 22.8 Å². The standard InChI is InChI=1S/C17H18F3N3OS/c18-17(19,20)25(21,24)16-7-5-15(6-8-16)22-9-10-23-11-13-3-1-2-4-14(13)12-23/h1-8,21-22H,9-12H2. The zero-order valence-electron chi connectivity index (χ0n) is 13.3. The highest BCUT2D eigenvalue weighted by molar-refractivity contribution is 7.93. The van der Waals surface area contributed by atoms with Crippen LogP contribution in [0.3, 0.4) is 0 Å². The first-order valence-corrected chi connectivity index (χ1v) is 9.31. The van der Waals surface area contributed by atoms with Gasteiger partial charge in [0.05, 0.1) is 4.90 Å². The molecule has 2 N–H and O–H groups in total. The third-order valence-electron chi connectivity index (χ3n) is 4.18. The lowest BCUT2D eigenvalue weighted by Crippen LogP contribution is -2.24. The lowest BCUT2D eigenvalue weighted by atomic mass is 10.1. The summed E-state index contributed by atoms with van der Waals surface area (Å²) in [4.78, 5) is 1.76. The first-order chi connectivity index (χ1) is 11.8. The Kier molecular flexibility index (Phi) is 4.75. The summed E-state index contributed by atoms with van der Waals surface area (Å²) in [6, 6.07) is 13.3. The number of fused-ring (bicyclic) bond motifs is 1. The van der Waals surface area contributed by atoms with E-state index in [1.54, 1.807) is 0 Å². The molecule has 1 aliphatic heterocycles. The van der Waals surface area contributed by atoms with Crippen LogP contribution >= 0.6 is 0 Å². The lowest BCUT2D eigenvalue weighted by molar-refractivity contribution is -0.0406. The Hall–Kier alpha value is -2.06. The van der Waals surface area contributed by atoms with Gasteiger partial charge in [-0.2, -0.15) is 13.2 Å². The molecule has 1 atom stereocenters. The van der Waals surface area contributed by atoms with Crippen molar-refractivity contribution in [1.29, 1.82) is 4.78 Å². The summed E-state index contributed by atoms with van der Waals surface area (Å²) >= 11 is 0. The van der Waals surface area contributed by atoms with Crippen molar-refractivity contribution in [2.75, 3.05) is 18.4 Å². The van der Waals surface area contributed by atoms with Gasteiger partial charge < -0.3 is 5.32 Å². The molecule has 3 rings (SSSR count). The Balaban J connectivity index is 1.54. The Bertz CT molecular complexity index is 823. The number of hydrogen-bond acceptors (Lipinski definition) is 4. The van der Waals surface area contributed by atoms with Gasteiger partial charge in [0.15, 0.2) is 9.73 Å². The van der Waals surface area contributed by atoms with Crippen molar-refractivity contribution < 1.29 is 17.4 Å². The number of nitrogens with one attached hydrogen (secondary N) is 2. The van der Waals surface area contributed by atoms with Crippen LogP contribution in [0.1, 0.15) is 11.1 Å². The smallest absolute Gasteiger partial charge is 0.384 e. The van der Waals surface area contributed by atoms with Crippen LogP contribution in [0.25, 0.3) is 0 Å². The van der Waals surface area contributed by atoms with E-state index >= 15 is 0 Å². The summed E-state index contributed by atoms with van der Waals surface area (Å²) < 4.78 is 56.5. The van der Waals surface area contributed by atoms with Gasteiger partial charge in [-0.3, -0.25) is 4.90 Å². The Labute approximate surface area is 144 Å². The lowest BCUT2D eigenvalue weighted by Gasteiger charge is -2.16. The van der Waals surface area contributed by atoms with E-state index < -0.39 is 20.1 Å². The fourth-order valence-electron chi connectivity index (χ4n) is 2.82. The second-order valence-corrected chi connectivity index (χ2v) is 7.98. The molecule has 0 bridgehead atoms. The molecule has 0 saturated carbocycles. The van der Waals surface area contributed by atoms with Crippen molar-refractivity contribution in [3.63, 3.8) is 0 Å². The van der Waals surface area contributed by atoms with E-state index in [2.05, 4.69) is 22.3 Å². The van der Waals surface area contributed by atoms with Crippen LogP contribution in [0.2, 0.25) is 0 Å². The van der Waals surface area contributed by atoms with E-state index in [-0.39, 0.29) is 0 Å². The zero-order chi connectivity index (χ0) is 18.1. The monoisotopic (exact) mass is 369 g/mol. The van der Waals surface area contributed by atoms with Crippen LogP contribution in [0.4, 0.5) is 18.9 Å². The molecule has 0 fully saturated rings. The van der Waals surface area contributed by atoms with Crippen LogP contribution in [-0.4, -0.2) is 27.7 Å². The molecule has 2 aromatic carbocycles. The zero-order valence-corrected chi connectivity index (χ0v) is 14.2. The summed E-state index contributed by atoms with van der Waals surface area (Å²) in [7, 11) is -4.79. The van der Waals surface area contributed by atoms with Crippen molar-refractivity contribution in [3.05, 3.63) is 59.7 Å². The first-order valence-electron chi connectivity index (χ1n) is 7.75. The molecule has 0 aromatic heterocycles. The number of benzene rings is 2. The van der Waals surface area contributed by atoms with Gasteiger partial charge in [-0.25, -0.2) is 8.99 Å². The number of nitrogens with zero attached hydrogens (tertiary/aromatic N) is 1. The van der Waals surface area contributed by atoms with Gasteiger partial charge >= 0.3 is 5.51 Å². The van der Waals surface area contributed by atoms with E-state index in [9.17, 15) is 17.4 Å². The summed E-state index contributed by atoms with van der Waals surface area (Å²) in [6.45, 7) is 3.23. The number of alkyl halides is 3. The summed E-state index contributed by atoms with van der Waals surface area (Å²) in [5, 5.41) is 3.14. The van der Waals surface area contributed by atoms with Crippen molar-refractivity contribution in [2.24, 2.45) is 0 Å². The third-order valence-corrected chi connectivity index (χ3v) is 5.76. The van der Waals surface area contributed by atoms with Crippen LogP contribution < -0.4 is 5.32 Å². The second-order valence-electron chi connectivity index (χ2n) is 5.93. The molecule has 2 aromatic rings. The third kappa shape index (κ3) is 3.80. The molecular formula is C17H18F3N3OS. The van der Waals surface area contributed by atoms with Gasteiger partial charge in [-0.1, -0.05) is 24.3 Å². The fourth-order valence-corrected chi connectivity index (χ4v) is 3.60. The summed E-state index contributed by atoms with van der Waals surface area (Å²) in [5.41, 5.74) is -1.78. The van der Waals surface area contributed by atoms with Crippen molar-refractivity contribution in [2.45, 2.75) is 23.5 Å². The Morgan fingerprint density at radius 3 is 2.12 bits per heavy atom. The minimum atomic E-state index is -5.06. The molecule has 25 heavy (non-hydrogen) atoms. The number of rotatable bonds is 5. The van der Waals surface area contributed by atoms with E-state index in [1.165, 1.54) is 23.3 Å². The maximum Gasteiger partial charge on any atom is 0.483 e. The number of anilines is 1. The topological polar surface area (TPSA) is 56.2 Å². The molecule has 0 saturated heterocycles. The Morgan fingerprint density at radius 2 is 1.60 bits per heavy atom. The molecule has 0 spiro atoms. The van der Waals surface area contributed by atoms with Crippen LogP contribution in [0, 0.1) is 4.78 Å². The van der Waals surface area contributed by atoms with Crippen molar-refractivity contribution in [1.82, 2.24) is 4.90 Å². The Morgan fingerprint density at radius 1 is 1.04 bits per heavy atom. The molecule has 0 amide bonds. The minimum absolute atomic E-state index is 0.527. The summed E-state index contributed by atoms with van der Waals surface area (Å²) in [6.07, 6.45) is 0. The molecule has 0 aliphatic carbocycles. The quantitative estimate of drug-likeness (QED) is 0.836. The predicted octanol–water partition coefficient (Wildman–Crippen LogP) is 4.04. The second kappa shape index (κ2) is 6.68. The SMILES string of the molecule is N=S(=O)(c1ccc(NCCN2Cc3ccccc3C2)cc1)C(F)(F)F. The average molecular weight is 369 g/mol. The van der Waals surface area contributed by atoms with Gasteiger partial charge in [0.25, 0.3) is 0 Å². The molecule has 8 heteroatoms. The van der Waals surface area contributed by atoms with Gasteiger partial charge in [0.1, 0.15) is 0 Å². The average Bonchev–Trinajstić information content (AvgIpc) is 2.97. The van der Waals surface area contributed by atoms with Gasteiger partial charge in [0.2, 0.25) is 0 Å². The minimum Gasteiger partial charge on any atom is -0.384 e. The van der Waals surface area contributed by atoms with Gasteiger partial charge in [-0.15, -0.1) is 0 Å². The molecular weight excluding hydrogens is 351 g/mol. The van der Waals surface area contributed by atoms with E-state index in [0.717, 1.165) is 31.8 Å². The van der Waals surface area contributed by atoms with Gasteiger partial charge in [-0.05, 0) is 35.4 Å². The normalized spacial score (nSPS) is 17.1. The maximum absolute atomic E-state index is 12.6. The molecule has 134 valence electrons. The highest BCUT2D eigenvalue weighted by Crippen LogP contribution is 2.31. The molecule has 1 heterocycles. The summed E-state index contributed by atoms with van der Waals surface area (Å²) in [5.74, 6) is 0. The highest BCUT2D eigenvalue weighted by Gasteiger charge is 2.43. The van der Waals surface area contributed by atoms with Gasteiger partial charge in [0, 0.05) is 31.9 Å². The molecule has 1 unspecified atom stereocenters. The van der Waals surface area contributed by atoms with E-state index in [1.807, 2.05) is 12.1 Å². The fraction of sp³-hybridized carbons (Fsp3) is 0.294. The highest BCUT2D eigenvalue weighted by atomic mass is 32.2. The van der Waals surface area contributed by atoms with Crippen LogP contribution in [0.15, 0.2) is 53.4 Å². The van der Waals surface area contributed by atoms with Crippen molar-refractivity contribution >= 4 is 15.4 Å². The first kappa shape index (κ1) is 17.8. The molecule has 4 nitrogen and oxygen atoms in total. The van der Waals surface area contributed by atoms with E-state index in [4.69, 9.17) is 4.78 Å². The number of hydrogen-bond donors (Lipinski definition) is 2. The number of halogens is 3. The van der Waals surface area contributed by atoms with Crippen LogP contribution in [0.5, 0.6) is 0 Å². The molecule has 1 aliphatic rings. The maximum atomic E-state index is 12.6. The predicted molar refractivity (Wildman–Crippen MR) is 90.7 cm³/mol. The largest absolute Gasteiger partial charge is 0.483 e. The molecule has 0 radical (unpaired) electrons.